The van der Waals surface area contributed by atoms with Crippen molar-refractivity contribution in [1.82, 2.24) is 4.90 Å². The van der Waals surface area contributed by atoms with Crippen LogP contribution in [0.3, 0.4) is 0 Å². The molecule has 0 amide bonds. The minimum atomic E-state index is -0.252. The minimum absolute atomic E-state index is 0.252. The van der Waals surface area contributed by atoms with E-state index in [1.54, 1.807) is 0 Å². The molecule has 0 bridgehead atoms. The van der Waals surface area contributed by atoms with E-state index in [4.69, 9.17) is 0 Å². The van der Waals surface area contributed by atoms with Crippen molar-refractivity contribution in [2.75, 3.05) is 19.6 Å². The molecule has 0 heterocycles. The van der Waals surface area contributed by atoms with Crippen LogP contribution in [0.4, 0.5) is 0 Å². The largest absolute Gasteiger partial charge is 0.392 e. The first-order chi connectivity index (χ1) is 26.1. The number of aliphatic hydroxyl groups is 2. The molecule has 0 aromatic carbocycles. The predicted octanol–water partition coefficient (Wildman–Crippen LogP) is 16.5. The summed E-state index contributed by atoms with van der Waals surface area (Å²) in [5.74, 6) is 0. The van der Waals surface area contributed by atoms with E-state index in [0.29, 0.717) is 0 Å². The van der Waals surface area contributed by atoms with Gasteiger partial charge in [-0.05, 0) is 25.8 Å². The van der Waals surface area contributed by atoms with E-state index in [1.165, 1.54) is 244 Å². The van der Waals surface area contributed by atoms with Gasteiger partial charge in [0.1, 0.15) is 0 Å². The molecule has 2 N–H and O–H groups in total. The number of aliphatic hydroxyl groups excluding tert-OH is 2. The molecular formula is C50H103NO2. The van der Waals surface area contributed by atoms with Crippen LogP contribution in [0.25, 0.3) is 0 Å². The summed E-state index contributed by atoms with van der Waals surface area (Å²) in [5, 5.41) is 22.0. The first-order valence-electron chi connectivity index (χ1n) is 25.2. The molecule has 0 fully saturated rings. The van der Waals surface area contributed by atoms with Gasteiger partial charge in [0.25, 0.3) is 0 Å². The van der Waals surface area contributed by atoms with Gasteiger partial charge in [0.15, 0.2) is 0 Å². The van der Waals surface area contributed by atoms with Gasteiger partial charge in [0, 0.05) is 13.1 Å². The second-order valence-electron chi connectivity index (χ2n) is 17.7. The van der Waals surface area contributed by atoms with Gasteiger partial charge < -0.3 is 10.2 Å². The zero-order valence-corrected chi connectivity index (χ0v) is 37.3. The topological polar surface area (TPSA) is 43.7 Å². The quantitative estimate of drug-likeness (QED) is 0.0609. The van der Waals surface area contributed by atoms with Crippen molar-refractivity contribution < 1.29 is 10.2 Å². The van der Waals surface area contributed by atoms with Crippen molar-refractivity contribution in [2.45, 2.75) is 303 Å². The molecule has 3 heteroatoms. The van der Waals surface area contributed by atoms with Gasteiger partial charge in [-0.2, -0.15) is 0 Å². The molecule has 0 radical (unpaired) electrons. The maximum Gasteiger partial charge on any atom is 0.0667 e. The van der Waals surface area contributed by atoms with E-state index >= 15 is 0 Å². The third-order valence-electron chi connectivity index (χ3n) is 12.0. The molecule has 2 atom stereocenters. The van der Waals surface area contributed by atoms with E-state index in [-0.39, 0.29) is 12.2 Å². The van der Waals surface area contributed by atoms with Gasteiger partial charge >= 0.3 is 0 Å². The highest BCUT2D eigenvalue weighted by molar-refractivity contribution is 4.70. The van der Waals surface area contributed by atoms with Crippen LogP contribution in [-0.4, -0.2) is 47.0 Å². The third-order valence-corrected chi connectivity index (χ3v) is 12.0. The van der Waals surface area contributed by atoms with Crippen LogP contribution >= 0.6 is 0 Å². The average molecular weight is 750 g/mol. The molecule has 0 aromatic heterocycles. The highest BCUT2D eigenvalue weighted by Gasteiger charge is 2.16. The van der Waals surface area contributed by atoms with Crippen LogP contribution in [0, 0.1) is 0 Å². The van der Waals surface area contributed by atoms with Crippen molar-refractivity contribution in [3.8, 4) is 0 Å². The Bertz CT molecular complexity index is 601. The molecule has 0 aromatic rings. The molecule has 0 aliphatic rings. The number of nitrogens with zero attached hydrogens (tertiary/aromatic N) is 1. The molecule has 53 heavy (non-hydrogen) atoms. The number of unbranched alkanes of at least 4 members (excludes halogenated alkanes) is 37. The summed E-state index contributed by atoms with van der Waals surface area (Å²) in [6.07, 6.45) is 56.3. The second kappa shape index (κ2) is 46.3. The summed E-state index contributed by atoms with van der Waals surface area (Å²) >= 11 is 0. The van der Waals surface area contributed by atoms with Gasteiger partial charge in [0.05, 0.1) is 12.2 Å². The molecule has 3 nitrogen and oxygen atoms in total. The monoisotopic (exact) mass is 750 g/mol. The summed E-state index contributed by atoms with van der Waals surface area (Å²) in [6.45, 7) is 9.41. The van der Waals surface area contributed by atoms with Gasteiger partial charge in [-0.3, -0.25) is 4.90 Å². The second-order valence-corrected chi connectivity index (χ2v) is 17.7. The van der Waals surface area contributed by atoms with Crippen molar-refractivity contribution in [1.29, 1.82) is 0 Å². The predicted molar refractivity (Wildman–Crippen MR) is 239 cm³/mol. The minimum Gasteiger partial charge on any atom is -0.392 e. The fraction of sp³-hybridized carbons (Fsp3) is 1.00. The molecule has 320 valence electrons. The maximum absolute atomic E-state index is 11.0. The van der Waals surface area contributed by atoms with Crippen LogP contribution in [-0.2, 0) is 0 Å². The maximum atomic E-state index is 11.0. The normalized spacial score (nSPS) is 13.0. The van der Waals surface area contributed by atoms with Crippen LogP contribution in [0.15, 0.2) is 0 Å². The van der Waals surface area contributed by atoms with Crippen LogP contribution in [0.2, 0.25) is 0 Å². The molecule has 0 saturated heterocycles. The first-order valence-corrected chi connectivity index (χ1v) is 25.2. The Kier molecular flexibility index (Phi) is 46.2. The van der Waals surface area contributed by atoms with Crippen molar-refractivity contribution >= 4 is 0 Å². The van der Waals surface area contributed by atoms with Crippen LogP contribution in [0.1, 0.15) is 290 Å². The Morgan fingerprint density at radius 1 is 0.264 bits per heavy atom. The van der Waals surface area contributed by atoms with Crippen molar-refractivity contribution in [3.05, 3.63) is 0 Å². The lowest BCUT2D eigenvalue weighted by atomic mass is 10.0. The molecule has 0 spiro atoms. The molecule has 0 saturated carbocycles. The van der Waals surface area contributed by atoms with Gasteiger partial charge in [-0.15, -0.1) is 0 Å². The lowest BCUT2D eigenvalue weighted by Crippen LogP contribution is -2.38. The zero-order valence-electron chi connectivity index (χ0n) is 37.3. The van der Waals surface area contributed by atoms with Gasteiger partial charge in [-0.25, -0.2) is 0 Å². The summed E-state index contributed by atoms with van der Waals surface area (Å²) < 4.78 is 0. The highest BCUT2D eigenvalue weighted by Crippen LogP contribution is 2.17. The fourth-order valence-electron chi connectivity index (χ4n) is 8.36. The highest BCUT2D eigenvalue weighted by atomic mass is 16.3. The number of rotatable bonds is 47. The number of hydrogen-bond acceptors (Lipinski definition) is 3. The molecular weight excluding hydrogens is 647 g/mol. The zero-order chi connectivity index (χ0) is 38.6. The summed E-state index contributed by atoms with van der Waals surface area (Å²) in [7, 11) is 0. The average Bonchev–Trinajstić information content (AvgIpc) is 3.15. The van der Waals surface area contributed by atoms with E-state index in [0.717, 1.165) is 45.3 Å². The van der Waals surface area contributed by atoms with Crippen LogP contribution in [0.5, 0.6) is 0 Å². The molecule has 2 unspecified atom stereocenters. The Hall–Kier alpha value is -0.120. The van der Waals surface area contributed by atoms with Crippen molar-refractivity contribution in [3.63, 3.8) is 0 Å². The SMILES string of the molecule is CCCCCCCCCCCCCCCCC(O)CN(CCCCCCCCCCCCCC)CC(O)CCCCCCCCCCCCCCCC. The lowest BCUT2D eigenvalue weighted by Gasteiger charge is -2.27. The van der Waals surface area contributed by atoms with Crippen LogP contribution < -0.4 is 0 Å². The summed E-state index contributed by atoms with van der Waals surface area (Å²) in [5.41, 5.74) is 0. The molecule has 0 rings (SSSR count). The number of hydrogen-bond donors (Lipinski definition) is 2. The summed E-state index contributed by atoms with van der Waals surface area (Å²) in [6, 6.07) is 0. The van der Waals surface area contributed by atoms with Gasteiger partial charge in [0.2, 0.25) is 0 Å². The summed E-state index contributed by atoms with van der Waals surface area (Å²) in [4.78, 5) is 2.42. The lowest BCUT2D eigenvalue weighted by molar-refractivity contribution is 0.0596. The van der Waals surface area contributed by atoms with Gasteiger partial charge in [-0.1, -0.05) is 271 Å². The van der Waals surface area contributed by atoms with E-state index in [2.05, 4.69) is 25.7 Å². The van der Waals surface area contributed by atoms with E-state index in [9.17, 15) is 10.2 Å². The van der Waals surface area contributed by atoms with Crippen molar-refractivity contribution in [2.24, 2.45) is 0 Å². The van der Waals surface area contributed by atoms with E-state index in [1.807, 2.05) is 0 Å². The smallest absolute Gasteiger partial charge is 0.0667 e. The fourth-order valence-corrected chi connectivity index (χ4v) is 8.36. The Labute approximate surface area is 336 Å². The molecule has 0 aliphatic carbocycles. The Balaban J connectivity index is 4.16. The van der Waals surface area contributed by atoms with E-state index < -0.39 is 0 Å². The Morgan fingerprint density at radius 3 is 0.679 bits per heavy atom. The standard InChI is InChI=1S/C50H103NO2/c1-4-7-10-13-16-19-22-25-27-29-32-35-38-41-44-49(52)47-51(46-43-40-37-34-31-24-21-18-15-12-9-6-3)48-50(53)45-42-39-36-33-30-28-26-23-20-17-14-11-8-5-2/h49-50,52-53H,4-48H2,1-3H3. The first kappa shape index (κ1) is 52.9. The Morgan fingerprint density at radius 2 is 0.453 bits per heavy atom. The molecule has 0 aliphatic heterocycles. The third kappa shape index (κ3) is 44.5.